The predicted octanol–water partition coefficient (Wildman–Crippen LogP) is 2.92. The van der Waals surface area contributed by atoms with Crippen molar-refractivity contribution in [1.82, 2.24) is 0 Å². The molecule has 0 unspecified atom stereocenters. The smallest absolute Gasteiger partial charge is 0.278 e. The van der Waals surface area contributed by atoms with E-state index < -0.39 is 17.9 Å². The first-order valence-electron chi connectivity index (χ1n) is 5.59. The highest BCUT2D eigenvalue weighted by Gasteiger charge is 2.39. The first-order valence-corrected chi connectivity index (χ1v) is 5.59. The Hall–Kier alpha value is -1.36. The SMILES string of the molecule is COc1ccc(OC)c(C(F)(F)CC(C)(C)N)c1. The highest BCUT2D eigenvalue weighted by Crippen LogP contribution is 2.41. The summed E-state index contributed by atoms with van der Waals surface area (Å²) < 4.78 is 38.3. The molecule has 0 heterocycles. The maximum Gasteiger partial charge on any atom is 0.278 e. The van der Waals surface area contributed by atoms with Crippen molar-refractivity contribution < 1.29 is 18.3 Å². The Labute approximate surface area is 106 Å². The summed E-state index contributed by atoms with van der Waals surface area (Å²) in [5.74, 6) is -2.58. The Kier molecular flexibility index (Phi) is 4.16. The van der Waals surface area contributed by atoms with Crippen LogP contribution < -0.4 is 15.2 Å². The largest absolute Gasteiger partial charge is 0.497 e. The minimum absolute atomic E-state index is 0.130. The van der Waals surface area contributed by atoms with E-state index in [-0.39, 0.29) is 11.3 Å². The van der Waals surface area contributed by atoms with Crippen LogP contribution >= 0.6 is 0 Å². The van der Waals surface area contributed by atoms with E-state index in [0.29, 0.717) is 5.75 Å². The summed E-state index contributed by atoms with van der Waals surface area (Å²) in [4.78, 5) is 0. The second-order valence-corrected chi connectivity index (χ2v) is 4.94. The van der Waals surface area contributed by atoms with E-state index in [1.54, 1.807) is 19.9 Å². The second-order valence-electron chi connectivity index (χ2n) is 4.94. The number of rotatable bonds is 5. The highest BCUT2D eigenvalue weighted by atomic mass is 19.3. The molecule has 0 aliphatic rings. The summed E-state index contributed by atoms with van der Waals surface area (Å²) in [5, 5.41) is 0. The fourth-order valence-corrected chi connectivity index (χ4v) is 1.77. The molecular formula is C13H19F2NO2. The number of benzene rings is 1. The zero-order valence-electron chi connectivity index (χ0n) is 11.1. The van der Waals surface area contributed by atoms with Crippen molar-refractivity contribution in [3.05, 3.63) is 23.8 Å². The van der Waals surface area contributed by atoms with E-state index in [1.165, 1.54) is 26.4 Å². The second kappa shape index (κ2) is 5.10. The molecule has 0 atom stereocenters. The Bertz CT molecular complexity index is 414. The number of ether oxygens (including phenoxy) is 2. The minimum atomic E-state index is -3.07. The number of methoxy groups -OCH3 is 2. The summed E-state index contributed by atoms with van der Waals surface area (Å²) in [6.45, 7) is 3.13. The molecule has 102 valence electrons. The molecular weight excluding hydrogens is 240 g/mol. The van der Waals surface area contributed by atoms with Gasteiger partial charge in [0.2, 0.25) is 0 Å². The van der Waals surface area contributed by atoms with Gasteiger partial charge in [-0.25, -0.2) is 8.78 Å². The number of hydrogen-bond donors (Lipinski definition) is 1. The van der Waals surface area contributed by atoms with Crippen molar-refractivity contribution in [3.8, 4) is 11.5 Å². The number of halogens is 2. The first-order chi connectivity index (χ1) is 8.19. The Morgan fingerprint density at radius 3 is 2.22 bits per heavy atom. The van der Waals surface area contributed by atoms with Gasteiger partial charge in [0.25, 0.3) is 5.92 Å². The van der Waals surface area contributed by atoms with Crippen molar-refractivity contribution in [1.29, 1.82) is 0 Å². The third-order valence-corrected chi connectivity index (χ3v) is 2.48. The Balaban J connectivity index is 3.20. The van der Waals surface area contributed by atoms with Gasteiger partial charge in [0, 0.05) is 12.0 Å². The lowest BCUT2D eigenvalue weighted by molar-refractivity contribution is -0.0315. The van der Waals surface area contributed by atoms with Gasteiger partial charge in [-0.05, 0) is 32.0 Å². The fourth-order valence-electron chi connectivity index (χ4n) is 1.77. The standard InChI is InChI=1S/C13H19F2NO2/c1-12(2,16)8-13(14,15)10-7-9(17-3)5-6-11(10)18-4/h5-7H,8,16H2,1-4H3. The van der Waals surface area contributed by atoms with Crippen molar-refractivity contribution in [2.24, 2.45) is 5.73 Å². The van der Waals surface area contributed by atoms with Crippen LogP contribution in [0.4, 0.5) is 8.78 Å². The van der Waals surface area contributed by atoms with Gasteiger partial charge in [-0.15, -0.1) is 0 Å². The molecule has 1 aromatic carbocycles. The van der Waals surface area contributed by atoms with Crippen LogP contribution in [-0.4, -0.2) is 19.8 Å². The molecule has 5 heteroatoms. The van der Waals surface area contributed by atoms with Crippen LogP contribution in [0.2, 0.25) is 0 Å². The van der Waals surface area contributed by atoms with E-state index in [0.717, 1.165) is 0 Å². The molecule has 0 saturated carbocycles. The molecule has 3 nitrogen and oxygen atoms in total. The number of alkyl halides is 2. The molecule has 0 amide bonds. The van der Waals surface area contributed by atoms with E-state index in [9.17, 15) is 8.78 Å². The normalized spacial score (nSPS) is 12.4. The van der Waals surface area contributed by atoms with Crippen LogP contribution in [-0.2, 0) is 5.92 Å². The van der Waals surface area contributed by atoms with E-state index >= 15 is 0 Å². The molecule has 0 aliphatic heterocycles. The molecule has 18 heavy (non-hydrogen) atoms. The van der Waals surface area contributed by atoms with E-state index in [1.807, 2.05) is 0 Å². The average Bonchev–Trinajstić information content (AvgIpc) is 2.25. The Morgan fingerprint density at radius 2 is 1.78 bits per heavy atom. The summed E-state index contributed by atoms with van der Waals surface area (Å²) >= 11 is 0. The molecule has 0 saturated heterocycles. The van der Waals surface area contributed by atoms with Crippen LogP contribution in [0.5, 0.6) is 11.5 Å². The highest BCUT2D eigenvalue weighted by molar-refractivity contribution is 5.43. The lowest BCUT2D eigenvalue weighted by atomic mass is 9.92. The molecule has 0 spiro atoms. The van der Waals surface area contributed by atoms with E-state index in [2.05, 4.69) is 0 Å². The third-order valence-electron chi connectivity index (χ3n) is 2.48. The maximum absolute atomic E-state index is 14.2. The molecule has 1 rings (SSSR count). The van der Waals surface area contributed by atoms with Gasteiger partial charge in [0.1, 0.15) is 11.5 Å². The van der Waals surface area contributed by atoms with Gasteiger partial charge in [-0.2, -0.15) is 0 Å². The lowest BCUT2D eigenvalue weighted by Crippen LogP contribution is -2.38. The fraction of sp³-hybridized carbons (Fsp3) is 0.538. The lowest BCUT2D eigenvalue weighted by Gasteiger charge is -2.27. The van der Waals surface area contributed by atoms with Gasteiger partial charge in [0.15, 0.2) is 0 Å². The molecule has 1 aromatic rings. The van der Waals surface area contributed by atoms with Crippen molar-refractivity contribution in [2.75, 3.05) is 14.2 Å². The first kappa shape index (κ1) is 14.7. The predicted molar refractivity (Wildman–Crippen MR) is 66.3 cm³/mol. The van der Waals surface area contributed by atoms with Crippen molar-refractivity contribution in [2.45, 2.75) is 31.7 Å². The summed E-state index contributed by atoms with van der Waals surface area (Å²) in [7, 11) is 2.78. The zero-order valence-corrected chi connectivity index (χ0v) is 11.1. The quantitative estimate of drug-likeness (QED) is 0.884. The van der Waals surface area contributed by atoms with Crippen LogP contribution in [0.1, 0.15) is 25.8 Å². The molecule has 0 bridgehead atoms. The molecule has 0 aromatic heterocycles. The van der Waals surface area contributed by atoms with Gasteiger partial charge >= 0.3 is 0 Å². The maximum atomic E-state index is 14.2. The van der Waals surface area contributed by atoms with Crippen molar-refractivity contribution in [3.63, 3.8) is 0 Å². The van der Waals surface area contributed by atoms with Gasteiger partial charge in [-0.3, -0.25) is 0 Å². The van der Waals surface area contributed by atoms with Gasteiger partial charge < -0.3 is 15.2 Å². The molecule has 2 N–H and O–H groups in total. The summed E-state index contributed by atoms with van der Waals surface area (Å²) in [6.07, 6.45) is -0.469. The Morgan fingerprint density at radius 1 is 1.17 bits per heavy atom. The monoisotopic (exact) mass is 259 g/mol. The molecule has 0 fully saturated rings. The zero-order chi connectivity index (χ0) is 14.0. The van der Waals surface area contributed by atoms with Crippen LogP contribution in [0.3, 0.4) is 0 Å². The van der Waals surface area contributed by atoms with Gasteiger partial charge in [0.05, 0.1) is 19.8 Å². The van der Waals surface area contributed by atoms with Crippen LogP contribution in [0.15, 0.2) is 18.2 Å². The topological polar surface area (TPSA) is 44.5 Å². The molecule has 0 aliphatic carbocycles. The third kappa shape index (κ3) is 3.57. The van der Waals surface area contributed by atoms with Crippen LogP contribution in [0, 0.1) is 0 Å². The number of hydrogen-bond acceptors (Lipinski definition) is 3. The average molecular weight is 259 g/mol. The van der Waals surface area contributed by atoms with E-state index in [4.69, 9.17) is 15.2 Å². The van der Waals surface area contributed by atoms with Crippen molar-refractivity contribution >= 4 is 0 Å². The number of nitrogens with two attached hydrogens (primary N) is 1. The minimum Gasteiger partial charge on any atom is -0.497 e. The summed E-state index contributed by atoms with van der Waals surface area (Å²) in [6, 6.07) is 4.32. The van der Waals surface area contributed by atoms with Gasteiger partial charge in [-0.1, -0.05) is 0 Å². The van der Waals surface area contributed by atoms with Crippen LogP contribution in [0.25, 0.3) is 0 Å². The molecule has 0 radical (unpaired) electrons. The summed E-state index contributed by atoms with van der Waals surface area (Å²) in [5.41, 5.74) is 4.49.